The van der Waals surface area contributed by atoms with E-state index in [4.69, 9.17) is 16.9 Å². The molecule has 1 aromatic carbocycles. The fourth-order valence-electron chi connectivity index (χ4n) is 0.714. The summed E-state index contributed by atoms with van der Waals surface area (Å²) in [6.45, 7) is 1.43. The molecule has 1 rings (SSSR count). The summed E-state index contributed by atoms with van der Waals surface area (Å²) in [5.41, 5.74) is 0.193. The Morgan fingerprint density at radius 3 is 2.13 bits per heavy atom. The molecule has 0 radical (unpaired) electrons. The van der Waals surface area contributed by atoms with Gasteiger partial charge in [0.15, 0.2) is 0 Å². The lowest BCUT2D eigenvalue weighted by molar-refractivity contribution is -0.384. The standard InChI is InChI=1S/C7H4ClNO3.C2H3N/c8-7(10)5-1-3-6(4-2-5)9(11)12;1-2-3/h1-4H;1H3. The second-order valence-corrected chi connectivity index (χ2v) is 2.64. The fourth-order valence-corrected chi connectivity index (χ4v) is 0.840. The number of carbonyl (C=O) groups is 1. The second kappa shape index (κ2) is 6.51. The van der Waals surface area contributed by atoms with Gasteiger partial charge in [0, 0.05) is 24.6 Å². The quantitative estimate of drug-likeness (QED) is 0.441. The van der Waals surface area contributed by atoms with Crippen molar-refractivity contribution in [3.8, 4) is 6.07 Å². The molecule has 0 fully saturated rings. The molecule has 1 aromatic rings. The zero-order valence-electron chi connectivity index (χ0n) is 7.81. The van der Waals surface area contributed by atoms with Crippen molar-refractivity contribution in [1.29, 1.82) is 5.26 Å². The van der Waals surface area contributed by atoms with E-state index in [1.807, 2.05) is 0 Å². The Kier molecular flexibility index (Phi) is 5.67. The van der Waals surface area contributed by atoms with Crippen LogP contribution in [-0.4, -0.2) is 10.2 Å². The number of carbonyl (C=O) groups excluding carboxylic acids is 1. The van der Waals surface area contributed by atoms with E-state index in [1.165, 1.54) is 31.2 Å². The van der Waals surface area contributed by atoms with Gasteiger partial charge in [-0.25, -0.2) is 0 Å². The molecule has 0 saturated carbocycles. The van der Waals surface area contributed by atoms with Crippen LogP contribution in [0.15, 0.2) is 24.3 Å². The van der Waals surface area contributed by atoms with Gasteiger partial charge in [0.2, 0.25) is 0 Å². The molecule has 0 bridgehead atoms. The third kappa shape index (κ3) is 4.74. The molecule has 0 atom stereocenters. The number of hydrogen-bond acceptors (Lipinski definition) is 4. The van der Waals surface area contributed by atoms with Crippen LogP contribution in [0.5, 0.6) is 0 Å². The number of benzene rings is 1. The first-order valence-corrected chi connectivity index (χ1v) is 4.15. The van der Waals surface area contributed by atoms with Gasteiger partial charge in [-0.2, -0.15) is 5.26 Å². The molecule has 0 unspecified atom stereocenters. The van der Waals surface area contributed by atoms with Crippen LogP contribution in [-0.2, 0) is 0 Å². The summed E-state index contributed by atoms with van der Waals surface area (Å²) in [6, 6.07) is 6.84. The summed E-state index contributed by atoms with van der Waals surface area (Å²) >= 11 is 5.13. The predicted molar refractivity (Wildman–Crippen MR) is 54.6 cm³/mol. The molecular formula is C9H7ClN2O3. The van der Waals surface area contributed by atoms with Gasteiger partial charge in [-0.15, -0.1) is 0 Å². The average Bonchev–Trinajstić information content (AvgIpc) is 2.19. The summed E-state index contributed by atoms with van der Waals surface area (Å²) in [6.07, 6.45) is 0. The van der Waals surface area contributed by atoms with Gasteiger partial charge in [0.05, 0.1) is 11.0 Å². The normalized spacial score (nSPS) is 8.07. The van der Waals surface area contributed by atoms with Crippen molar-refractivity contribution in [1.82, 2.24) is 0 Å². The van der Waals surface area contributed by atoms with E-state index < -0.39 is 10.2 Å². The maximum absolute atomic E-state index is 10.5. The fraction of sp³-hybridized carbons (Fsp3) is 0.111. The van der Waals surface area contributed by atoms with E-state index in [9.17, 15) is 14.9 Å². The number of nitro benzene ring substituents is 1. The Bertz CT molecular complexity index is 362. The highest BCUT2D eigenvalue weighted by molar-refractivity contribution is 6.67. The highest BCUT2D eigenvalue weighted by Gasteiger charge is 2.06. The van der Waals surface area contributed by atoms with E-state index in [0.29, 0.717) is 0 Å². The molecule has 6 heteroatoms. The molecule has 0 saturated heterocycles. The topological polar surface area (TPSA) is 84.0 Å². The number of nitrogens with zero attached hydrogens (tertiary/aromatic N) is 2. The van der Waals surface area contributed by atoms with Crippen LogP contribution in [0.3, 0.4) is 0 Å². The number of hydrogen-bond donors (Lipinski definition) is 0. The Hall–Kier alpha value is -1.93. The molecule has 0 aliphatic heterocycles. The summed E-state index contributed by atoms with van der Waals surface area (Å²) < 4.78 is 0. The van der Waals surface area contributed by atoms with Crippen molar-refractivity contribution < 1.29 is 9.72 Å². The Balaban J connectivity index is 0.000000583. The summed E-state index contributed by atoms with van der Waals surface area (Å²) in [5, 5.41) is 16.9. The molecule has 0 aliphatic carbocycles. The van der Waals surface area contributed by atoms with Gasteiger partial charge in [-0.05, 0) is 23.7 Å². The molecule has 5 nitrogen and oxygen atoms in total. The van der Waals surface area contributed by atoms with E-state index in [2.05, 4.69) is 0 Å². The molecule has 0 aromatic heterocycles. The minimum absolute atomic E-state index is 0.0586. The first-order valence-electron chi connectivity index (χ1n) is 3.78. The molecule has 0 N–H and O–H groups in total. The van der Waals surface area contributed by atoms with Gasteiger partial charge >= 0.3 is 0 Å². The predicted octanol–water partition coefficient (Wildman–Crippen LogP) is 2.50. The van der Waals surface area contributed by atoms with Crippen LogP contribution in [0.25, 0.3) is 0 Å². The van der Waals surface area contributed by atoms with E-state index in [1.54, 1.807) is 6.07 Å². The third-order valence-electron chi connectivity index (χ3n) is 1.31. The van der Waals surface area contributed by atoms with Gasteiger partial charge in [0.25, 0.3) is 10.9 Å². The number of nitriles is 1. The molecule has 0 spiro atoms. The van der Waals surface area contributed by atoms with Crippen molar-refractivity contribution in [3.05, 3.63) is 39.9 Å². The van der Waals surface area contributed by atoms with Crippen LogP contribution >= 0.6 is 11.6 Å². The van der Waals surface area contributed by atoms with Crippen molar-refractivity contribution in [2.75, 3.05) is 0 Å². The van der Waals surface area contributed by atoms with Gasteiger partial charge < -0.3 is 0 Å². The first-order chi connectivity index (χ1) is 7.02. The first kappa shape index (κ1) is 13.1. The van der Waals surface area contributed by atoms with Crippen LogP contribution in [0, 0.1) is 21.4 Å². The van der Waals surface area contributed by atoms with Crippen molar-refractivity contribution in [2.24, 2.45) is 0 Å². The number of halogens is 1. The van der Waals surface area contributed by atoms with Crippen LogP contribution < -0.4 is 0 Å². The summed E-state index contributed by atoms with van der Waals surface area (Å²) in [7, 11) is 0. The lowest BCUT2D eigenvalue weighted by Crippen LogP contribution is -1.90. The zero-order valence-corrected chi connectivity index (χ0v) is 8.56. The molecule has 0 heterocycles. The van der Waals surface area contributed by atoms with Crippen LogP contribution in [0.4, 0.5) is 5.69 Å². The van der Waals surface area contributed by atoms with E-state index >= 15 is 0 Å². The van der Waals surface area contributed by atoms with Gasteiger partial charge in [-0.1, -0.05) is 0 Å². The molecule has 15 heavy (non-hydrogen) atoms. The molecular weight excluding hydrogens is 220 g/mol. The Labute approximate surface area is 91.0 Å². The monoisotopic (exact) mass is 226 g/mol. The lowest BCUT2D eigenvalue weighted by Gasteiger charge is -1.92. The zero-order chi connectivity index (χ0) is 11.8. The lowest BCUT2D eigenvalue weighted by atomic mass is 10.2. The third-order valence-corrected chi connectivity index (χ3v) is 1.52. The molecule has 0 amide bonds. The molecule has 78 valence electrons. The molecule has 0 aliphatic rings. The SMILES string of the molecule is CC#N.O=C(Cl)c1ccc([N+](=O)[O-])cc1. The van der Waals surface area contributed by atoms with Crippen molar-refractivity contribution >= 4 is 22.5 Å². The highest BCUT2D eigenvalue weighted by Crippen LogP contribution is 2.12. The average molecular weight is 227 g/mol. The Morgan fingerprint density at radius 1 is 1.47 bits per heavy atom. The van der Waals surface area contributed by atoms with E-state index in [0.717, 1.165) is 0 Å². The summed E-state index contributed by atoms with van der Waals surface area (Å²) in [5.74, 6) is 0. The minimum Gasteiger partial charge on any atom is -0.276 e. The largest absolute Gasteiger partial charge is 0.276 e. The Morgan fingerprint density at radius 2 is 1.87 bits per heavy atom. The maximum Gasteiger partial charge on any atom is 0.269 e. The van der Waals surface area contributed by atoms with Crippen molar-refractivity contribution in [2.45, 2.75) is 6.92 Å². The van der Waals surface area contributed by atoms with Gasteiger partial charge in [-0.3, -0.25) is 14.9 Å². The van der Waals surface area contributed by atoms with Gasteiger partial charge in [0.1, 0.15) is 0 Å². The van der Waals surface area contributed by atoms with Crippen LogP contribution in [0.2, 0.25) is 0 Å². The number of non-ortho nitro benzene ring substituents is 1. The van der Waals surface area contributed by atoms with Crippen LogP contribution in [0.1, 0.15) is 17.3 Å². The smallest absolute Gasteiger partial charge is 0.269 e. The maximum atomic E-state index is 10.5. The minimum atomic E-state index is -0.620. The van der Waals surface area contributed by atoms with E-state index in [-0.39, 0.29) is 11.3 Å². The second-order valence-electron chi connectivity index (χ2n) is 2.30. The highest BCUT2D eigenvalue weighted by atomic mass is 35.5. The number of rotatable bonds is 2. The van der Waals surface area contributed by atoms with Crippen molar-refractivity contribution in [3.63, 3.8) is 0 Å². The number of nitro groups is 1. The summed E-state index contributed by atoms with van der Waals surface area (Å²) in [4.78, 5) is 20.2.